The van der Waals surface area contributed by atoms with Gasteiger partial charge in [-0.1, -0.05) is 57.2 Å². The largest absolute Gasteiger partial charge is 0.478 e. The lowest BCUT2D eigenvalue weighted by molar-refractivity contribution is 0.0697. The topological polar surface area (TPSA) is 61.1 Å². The standard InChI is InChI=1S/C20H21NO2/c1-20(2,3)18-10-4-14(5-11-18)12-17(13-21)15-6-8-16(9-7-15)19(22)23/h4-11,17H,12H2,1-3H3,(H,22,23). The summed E-state index contributed by atoms with van der Waals surface area (Å²) in [6.45, 7) is 6.51. The first-order valence-electron chi connectivity index (χ1n) is 7.63. The number of hydrogen-bond acceptors (Lipinski definition) is 2. The van der Waals surface area contributed by atoms with Gasteiger partial charge in [-0.05, 0) is 40.7 Å². The molecule has 0 fully saturated rings. The molecule has 1 unspecified atom stereocenters. The van der Waals surface area contributed by atoms with Crippen molar-refractivity contribution in [2.75, 3.05) is 0 Å². The van der Waals surface area contributed by atoms with Crippen LogP contribution in [0.25, 0.3) is 0 Å². The van der Waals surface area contributed by atoms with Gasteiger partial charge in [-0.3, -0.25) is 0 Å². The second-order valence-corrected chi connectivity index (χ2v) is 6.76. The Morgan fingerprint density at radius 1 is 1.09 bits per heavy atom. The molecule has 0 amide bonds. The maximum atomic E-state index is 10.9. The van der Waals surface area contributed by atoms with Gasteiger partial charge in [0.25, 0.3) is 0 Å². The van der Waals surface area contributed by atoms with Gasteiger partial charge in [-0.25, -0.2) is 4.79 Å². The lowest BCUT2D eigenvalue weighted by Gasteiger charge is -2.19. The zero-order valence-electron chi connectivity index (χ0n) is 13.7. The van der Waals surface area contributed by atoms with Crippen molar-refractivity contribution in [3.63, 3.8) is 0 Å². The summed E-state index contributed by atoms with van der Waals surface area (Å²) in [6, 6.07) is 17.2. The number of rotatable bonds is 4. The molecule has 2 rings (SSSR count). The molecule has 3 heteroatoms. The maximum absolute atomic E-state index is 10.9. The molecule has 3 nitrogen and oxygen atoms in total. The third-order valence-corrected chi connectivity index (χ3v) is 3.98. The van der Waals surface area contributed by atoms with E-state index in [2.05, 4.69) is 51.1 Å². The Hall–Kier alpha value is -2.60. The number of carboxylic acid groups (broad SMARTS) is 1. The molecule has 0 bridgehead atoms. The summed E-state index contributed by atoms with van der Waals surface area (Å²) in [7, 11) is 0. The fourth-order valence-electron chi connectivity index (χ4n) is 2.47. The van der Waals surface area contributed by atoms with Crippen LogP contribution in [0.15, 0.2) is 48.5 Å². The molecule has 0 heterocycles. The van der Waals surface area contributed by atoms with E-state index in [0.717, 1.165) is 11.1 Å². The molecule has 1 N–H and O–H groups in total. The minimum absolute atomic E-state index is 0.111. The average Bonchev–Trinajstić information content (AvgIpc) is 2.52. The molecule has 2 aromatic carbocycles. The van der Waals surface area contributed by atoms with Gasteiger partial charge in [-0.15, -0.1) is 0 Å². The van der Waals surface area contributed by atoms with Gasteiger partial charge >= 0.3 is 5.97 Å². The van der Waals surface area contributed by atoms with Crippen LogP contribution in [0.4, 0.5) is 0 Å². The first-order valence-corrected chi connectivity index (χ1v) is 7.63. The second kappa shape index (κ2) is 6.66. The highest BCUT2D eigenvalue weighted by molar-refractivity contribution is 5.87. The Labute approximate surface area is 137 Å². The SMILES string of the molecule is CC(C)(C)c1ccc(CC(C#N)c2ccc(C(=O)O)cc2)cc1. The summed E-state index contributed by atoms with van der Waals surface area (Å²) in [5.74, 6) is -1.24. The van der Waals surface area contributed by atoms with Gasteiger partial charge in [-0.2, -0.15) is 5.26 Å². The molecular formula is C20H21NO2. The number of nitrogens with zero attached hydrogens (tertiary/aromatic N) is 1. The van der Waals surface area contributed by atoms with Gasteiger partial charge in [0.15, 0.2) is 0 Å². The summed E-state index contributed by atoms with van der Waals surface area (Å²) in [4.78, 5) is 10.9. The minimum Gasteiger partial charge on any atom is -0.478 e. The number of carbonyl (C=O) groups is 1. The van der Waals surface area contributed by atoms with E-state index in [0.29, 0.717) is 6.42 Å². The van der Waals surface area contributed by atoms with Crippen molar-refractivity contribution in [2.45, 2.75) is 38.5 Å². The molecule has 0 aliphatic heterocycles. The van der Waals surface area contributed by atoms with E-state index in [1.807, 2.05) is 0 Å². The molecule has 118 valence electrons. The number of carboxylic acids is 1. The van der Waals surface area contributed by atoms with Crippen LogP contribution in [0.5, 0.6) is 0 Å². The maximum Gasteiger partial charge on any atom is 0.335 e. The molecule has 2 aromatic rings. The number of nitriles is 1. The van der Waals surface area contributed by atoms with Crippen molar-refractivity contribution in [3.8, 4) is 6.07 Å². The third-order valence-electron chi connectivity index (χ3n) is 3.98. The van der Waals surface area contributed by atoms with Crippen molar-refractivity contribution in [1.82, 2.24) is 0 Å². The molecule has 0 aliphatic carbocycles. The highest BCUT2D eigenvalue weighted by atomic mass is 16.4. The predicted octanol–water partition coefficient (Wildman–Crippen LogP) is 4.53. The van der Waals surface area contributed by atoms with E-state index in [-0.39, 0.29) is 16.9 Å². The van der Waals surface area contributed by atoms with E-state index in [1.54, 1.807) is 24.3 Å². The molecule has 23 heavy (non-hydrogen) atoms. The smallest absolute Gasteiger partial charge is 0.335 e. The minimum atomic E-state index is -0.956. The lowest BCUT2D eigenvalue weighted by Crippen LogP contribution is -2.11. The predicted molar refractivity (Wildman–Crippen MR) is 90.6 cm³/mol. The Bertz CT molecular complexity index is 716. The number of benzene rings is 2. The summed E-state index contributed by atoms with van der Waals surface area (Å²) >= 11 is 0. The van der Waals surface area contributed by atoms with Gasteiger partial charge in [0.1, 0.15) is 0 Å². The van der Waals surface area contributed by atoms with Crippen LogP contribution in [0.3, 0.4) is 0 Å². The Morgan fingerprint density at radius 3 is 2.09 bits per heavy atom. The summed E-state index contributed by atoms with van der Waals surface area (Å²) in [6.07, 6.45) is 0.618. The molecule has 0 spiro atoms. The van der Waals surface area contributed by atoms with E-state index in [1.165, 1.54) is 5.56 Å². The fraction of sp³-hybridized carbons (Fsp3) is 0.300. The van der Waals surface area contributed by atoms with Crippen LogP contribution < -0.4 is 0 Å². The molecule has 0 aliphatic rings. The van der Waals surface area contributed by atoms with Crippen LogP contribution in [-0.4, -0.2) is 11.1 Å². The van der Waals surface area contributed by atoms with Gasteiger partial charge < -0.3 is 5.11 Å². The summed E-state index contributed by atoms with van der Waals surface area (Å²) < 4.78 is 0. The first kappa shape index (κ1) is 16.8. The lowest BCUT2D eigenvalue weighted by atomic mass is 9.85. The number of aromatic carboxylic acids is 1. The third kappa shape index (κ3) is 4.20. The van der Waals surface area contributed by atoms with Crippen molar-refractivity contribution in [1.29, 1.82) is 5.26 Å². The van der Waals surface area contributed by atoms with E-state index < -0.39 is 5.97 Å². The fourth-order valence-corrected chi connectivity index (χ4v) is 2.47. The monoisotopic (exact) mass is 307 g/mol. The van der Waals surface area contributed by atoms with Gasteiger partial charge in [0.2, 0.25) is 0 Å². The van der Waals surface area contributed by atoms with Crippen LogP contribution in [-0.2, 0) is 11.8 Å². The van der Waals surface area contributed by atoms with Gasteiger partial charge in [0.05, 0.1) is 17.6 Å². The summed E-state index contributed by atoms with van der Waals surface area (Å²) in [5, 5.41) is 18.4. The van der Waals surface area contributed by atoms with Gasteiger partial charge in [0, 0.05) is 0 Å². The average molecular weight is 307 g/mol. The van der Waals surface area contributed by atoms with Crippen molar-refractivity contribution in [3.05, 3.63) is 70.8 Å². The Kier molecular flexibility index (Phi) is 4.86. The summed E-state index contributed by atoms with van der Waals surface area (Å²) in [5.41, 5.74) is 3.56. The van der Waals surface area contributed by atoms with E-state index in [4.69, 9.17) is 5.11 Å². The molecule has 0 aromatic heterocycles. The highest BCUT2D eigenvalue weighted by Gasteiger charge is 2.15. The van der Waals surface area contributed by atoms with Crippen LogP contribution in [0.1, 0.15) is 53.7 Å². The van der Waals surface area contributed by atoms with Crippen LogP contribution >= 0.6 is 0 Å². The number of hydrogen-bond donors (Lipinski definition) is 1. The van der Waals surface area contributed by atoms with Crippen LogP contribution in [0.2, 0.25) is 0 Å². The van der Waals surface area contributed by atoms with E-state index in [9.17, 15) is 10.1 Å². The Balaban J connectivity index is 2.16. The first-order chi connectivity index (χ1) is 10.8. The van der Waals surface area contributed by atoms with Crippen LogP contribution in [0, 0.1) is 11.3 Å². The zero-order chi connectivity index (χ0) is 17.0. The van der Waals surface area contributed by atoms with Crippen molar-refractivity contribution < 1.29 is 9.90 Å². The molecular weight excluding hydrogens is 286 g/mol. The molecule has 0 radical (unpaired) electrons. The van der Waals surface area contributed by atoms with E-state index >= 15 is 0 Å². The Morgan fingerprint density at radius 2 is 1.65 bits per heavy atom. The van der Waals surface area contributed by atoms with Crippen molar-refractivity contribution in [2.24, 2.45) is 0 Å². The molecule has 0 saturated carbocycles. The zero-order valence-corrected chi connectivity index (χ0v) is 13.7. The quantitative estimate of drug-likeness (QED) is 0.902. The van der Waals surface area contributed by atoms with Crippen molar-refractivity contribution >= 4 is 5.97 Å². The second-order valence-electron chi connectivity index (χ2n) is 6.76. The highest BCUT2D eigenvalue weighted by Crippen LogP contribution is 2.25. The molecule has 0 saturated heterocycles. The molecule has 1 atom stereocenters. The normalized spacial score (nSPS) is 12.4.